The van der Waals surface area contributed by atoms with Gasteiger partial charge < -0.3 is 28.9 Å². The van der Waals surface area contributed by atoms with Crippen molar-refractivity contribution < 1.29 is 154 Å². The highest BCUT2D eigenvalue weighted by Gasteiger charge is 2.44. The number of sulfonamides is 14. The zero-order chi connectivity index (χ0) is 94.2. The largest absolute Gasteiger partial charge is 0.430 e. The molecule has 14 rings (SSSR count). The van der Waals surface area contributed by atoms with E-state index in [1.807, 2.05) is 0 Å². The highest BCUT2D eigenvalue weighted by Crippen LogP contribution is 2.53. The Balaban J connectivity index is 0.000000179. The Morgan fingerprint density at radius 1 is 0.276 bits per heavy atom. The minimum atomic E-state index is -4.85. The molecular weight excluding hydrogens is 1990 g/mol. The molecule has 123 heavy (non-hydrogen) atoms. The summed E-state index contributed by atoms with van der Waals surface area (Å²) in [7, 11) is -70.6. The zero-order valence-corrected chi connectivity index (χ0v) is 72.7. The summed E-state index contributed by atoms with van der Waals surface area (Å²) >= 11 is 0. The third-order valence-corrected chi connectivity index (χ3v) is 42.9. The molecule has 0 aromatic heterocycles. The number of nitro benzene ring substituents is 4. The average Bonchev–Trinajstić information content (AvgIpc) is 1.56. The fourth-order valence-corrected chi connectivity index (χ4v) is 40.0. The highest BCUT2D eigenvalue weighted by atomic mass is 32.3. The summed E-state index contributed by atoms with van der Waals surface area (Å²) < 4.78 is 388. The Labute approximate surface area is 694 Å². The van der Waals surface area contributed by atoms with E-state index in [-0.39, 0.29) is 36.6 Å². The number of fused-ring (bicyclic) bond motifs is 7. The van der Waals surface area contributed by atoms with Gasteiger partial charge >= 0.3 is 0 Å². The Morgan fingerprint density at radius 3 is 0.894 bits per heavy atom. The molecule has 0 unspecified atom stereocenters. The summed E-state index contributed by atoms with van der Waals surface area (Å²) in [5.41, 5.74) is -3.58. The minimum Gasteiger partial charge on any atom is -0.430 e. The maximum absolute atomic E-state index is 11.8. The van der Waals surface area contributed by atoms with Gasteiger partial charge in [-0.05, 0) is 74.2 Å². The van der Waals surface area contributed by atoms with Crippen molar-refractivity contribution in [3.8, 4) is 0 Å². The van der Waals surface area contributed by atoms with Crippen molar-refractivity contribution in [1.29, 1.82) is 0 Å². The van der Waals surface area contributed by atoms with Crippen LogP contribution >= 0.6 is 0 Å². The molecule has 7 heterocycles. The van der Waals surface area contributed by atoms with Gasteiger partial charge in [-0.3, -0.25) is 40.5 Å². The second kappa shape index (κ2) is 31.7. The number of nitro groups is 4. The molecule has 0 saturated heterocycles. The smallest absolute Gasteiger partial charge is 0.294 e. The van der Waals surface area contributed by atoms with Crippen LogP contribution in [0.15, 0.2) is 163 Å². The van der Waals surface area contributed by atoms with Gasteiger partial charge in [0.2, 0.25) is 11.4 Å². The van der Waals surface area contributed by atoms with E-state index in [1.165, 1.54) is 6.07 Å². The predicted octanol–water partition coefficient (Wildman–Crippen LogP) is 5.04. The van der Waals surface area contributed by atoms with Crippen LogP contribution in [0.1, 0.15) is 22.3 Å². The molecule has 658 valence electrons. The lowest BCUT2D eigenvalue weighted by Crippen LogP contribution is -2.09. The molecule has 0 fully saturated rings. The number of benzene rings is 7. The molecule has 0 radical (unpaired) electrons. The van der Waals surface area contributed by atoms with Crippen molar-refractivity contribution in [3.05, 3.63) is 222 Å². The molecule has 0 spiro atoms. The summed E-state index contributed by atoms with van der Waals surface area (Å²) in [5, 5.41) is 42.6. The third-order valence-electron chi connectivity index (χ3n) is 15.2. The summed E-state index contributed by atoms with van der Waals surface area (Å²) in [5.74, 6) is 0. The van der Waals surface area contributed by atoms with Gasteiger partial charge in [-0.15, -0.1) is 0 Å². The number of non-ortho nitro benzene ring substituents is 1. The van der Waals surface area contributed by atoms with E-state index in [9.17, 15) is 175 Å². The van der Waals surface area contributed by atoms with Crippen molar-refractivity contribution in [1.82, 2.24) is 0 Å². The molecule has 7 aliphatic rings. The van der Waals surface area contributed by atoms with Crippen LogP contribution in [0.2, 0.25) is 0 Å². The molecule has 71 heteroatoms. The van der Waals surface area contributed by atoms with E-state index >= 15 is 0 Å². The quantitative estimate of drug-likeness (QED) is 0.120. The second-order valence-corrected chi connectivity index (χ2v) is 51.0. The van der Waals surface area contributed by atoms with E-state index in [2.05, 4.69) is 48.3 Å². The van der Waals surface area contributed by atoms with E-state index in [0.717, 1.165) is 36.4 Å². The Morgan fingerprint density at radius 2 is 0.569 bits per heavy atom. The lowest BCUT2D eigenvalue weighted by molar-refractivity contribution is -0.396. The van der Waals surface area contributed by atoms with Crippen LogP contribution in [0.4, 0.5) is 45.5 Å². The van der Waals surface area contributed by atoms with Crippen molar-refractivity contribution >= 4 is 205 Å². The Hall–Kier alpha value is -11.0. The molecule has 0 amide bonds. The Bertz CT molecular complexity index is 8070. The van der Waals surface area contributed by atoms with Crippen LogP contribution in [-0.2, 0) is 160 Å². The van der Waals surface area contributed by atoms with Crippen molar-refractivity contribution in [2.45, 2.75) is 106 Å². The van der Waals surface area contributed by atoms with Crippen LogP contribution in [0.5, 0.6) is 0 Å². The van der Waals surface area contributed by atoms with Gasteiger partial charge in [0, 0.05) is 35.6 Å². The lowest BCUT2D eigenvalue weighted by Gasteiger charge is -2.10. The first-order chi connectivity index (χ1) is 55.5. The number of sulfone groups is 2. The summed E-state index contributed by atoms with van der Waals surface area (Å²) in [6.07, 6.45) is 1.34. The van der Waals surface area contributed by atoms with Gasteiger partial charge in [-0.1, -0.05) is 36.4 Å². The number of nitrogens with zero attached hydrogens (tertiary/aromatic N) is 15. The molecule has 0 bridgehead atoms. The molecular formula is C52H32N15O40S16-7. The summed E-state index contributed by atoms with van der Waals surface area (Å²) in [6, 6.07) is 13.5. The normalized spacial score (nSPS) is 19.6. The maximum Gasteiger partial charge on any atom is 0.294 e. The first-order valence-electron chi connectivity index (χ1n) is 29.7. The molecule has 0 N–H and O–H groups in total. The van der Waals surface area contributed by atoms with Crippen LogP contribution in [0, 0.1) is 94.4 Å². The van der Waals surface area contributed by atoms with Gasteiger partial charge in [-0.25, -0.2) is 154 Å². The van der Waals surface area contributed by atoms with Crippen molar-refractivity contribution in [2.24, 2.45) is 0 Å². The van der Waals surface area contributed by atoms with E-state index in [4.69, 9.17) is 26.3 Å². The molecule has 7 aliphatic heterocycles. The fraction of sp³-hybridized carbons (Fsp3) is 0.115. The van der Waals surface area contributed by atoms with Crippen LogP contribution in [-0.4, -0.2) is 167 Å². The average molecular weight is 2020 g/mol. The second-order valence-electron chi connectivity index (χ2n) is 23.8. The highest BCUT2D eigenvalue weighted by molar-refractivity contribution is 8.18. The topological polar surface area (TPSA) is 835 Å². The van der Waals surface area contributed by atoms with Crippen LogP contribution in [0.3, 0.4) is 0 Å². The first kappa shape index (κ1) is 97.5. The van der Waals surface area contributed by atoms with E-state index in [0.29, 0.717) is 59.0 Å². The standard InChI is InChI=1S/2C8H2N3O4S2.C8H8NO8S4.2C8H8NO4S2.2C6H2N3O8S2/c1-9-5-3-6(10-2)8-7(4-5)16(12,13)11-17(8,14)15;1-9-5-3-4-6(10-2)8-7(5)16(12,13)11-17(8,14)15;1-18(10,11)5-3-4-6(19(2,12)13)8-7(5)20(14,15)9-21(8,16)17;1-5-3-6(2)8-7(4-5)14(10,11)9-15(8,12)13;1-5-3-4-6(2)8-7(5)14(10,11)9-15(8,12)13;10-8(11)3-1-4(9(12)13)6-5(2-3)18(14,15)7-19(6,16)17;10-8(11)3-1-2-4(9(12)13)6-5(3)18(14,15)7-19(6,16)17/h2*3-4H;3-4H,1-2H3;2*3-4H,1-2H3;2*1-2H/q7*-1. The van der Waals surface area contributed by atoms with Gasteiger partial charge in [0.25, 0.3) is 22.7 Å². The SMILES string of the molecule is CS(=O)(=O)c1ccc(S(C)(=O)=O)c2c1S(=O)(=O)[N-]S2(=O)=O.Cc1cc(C)c2c(c1)S(=O)(=O)[N-]S2(=O)=O.Cc1ccc(C)c2c1S(=O)(=O)[N-]S2(=O)=O.O=[N+]([O-])c1cc([N+](=O)[O-])c2c(c1)S(=O)(=O)[N-]S2(=O)=O.O=[N+]([O-])c1ccc([N+](=O)[O-])c2c1S(=O)(=O)[N-]S2(=O)=O.[C-]#[N+]c1cc([N+]#[C-])c2c(c1)S(=O)(=O)[N-]S2(=O)=O.[C-]#[N+]c1ccc([N+]#[C-])c2c1S(=O)(=O)[N-]S2(=O)=O. The van der Waals surface area contributed by atoms with E-state index in [1.54, 1.807) is 45.9 Å². The zero-order valence-electron chi connectivity index (χ0n) is 59.7. The van der Waals surface area contributed by atoms with Gasteiger partial charge in [0.15, 0.2) is 40.8 Å². The fourth-order valence-electron chi connectivity index (χ4n) is 10.9. The number of aryl methyl sites for hydroxylation is 4. The Kier molecular flexibility index (Phi) is 25.1. The van der Waals surface area contributed by atoms with Crippen LogP contribution in [0.25, 0.3) is 48.3 Å². The molecule has 0 atom stereocenters. The molecule has 0 aliphatic carbocycles. The van der Waals surface area contributed by atoms with Gasteiger partial charge in [-0.2, -0.15) is 0 Å². The number of hydrogen-bond acceptors (Lipinski definition) is 40. The monoisotopic (exact) mass is 2020 g/mol. The van der Waals surface area contributed by atoms with E-state index < -0.39 is 267 Å². The van der Waals surface area contributed by atoms with Gasteiger partial charge in [0.05, 0.1) is 111 Å². The summed E-state index contributed by atoms with van der Waals surface area (Å²) in [4.78, 5) is 37.8. The minimum absolute atomic E-state index is 0.120. The van der Waals surface area contributed by atoms with Crippen molar-refractivity contribution in [3.63, 3.8) is 0 Å². The predicted molar refractivity (Wildman–Crippen MR) is 406 cm³/mol. The molecule has 55 nitrogen and oxygen atoms in total. The lowest BCUT2D eigenvalue weighted by atomic mass is 10.2. The molecule has 7 aromatic rings. The maximum atomic E-state index is 11.8. The summed E-state index contributed by atoms with van der Waals surface area (Å²) in [6.45, 7) is 33.5. The first-order valence-corrected chi connectivity index (χ1v) is 53.7. The van der Waals surface area contributed by atoms with Gasteiger partial charge in [0.1, 0.15) is 145 Å². The van der Waals surface area contributed by atoms with Crippen molar-refractivity contribution in [2.75, 3.05) is 12.5 Å². The molecule has 0 saturated carbocycles. The third kappa shape index (κ3) is 18.5. The van der Waals surface area contributed by atoms with Crippen LogP contribution < -0.4 is 0 Å². The molecule has 7 aromatic carbocycles. The number of rotatable bonds is 6. The number of hydrogen-bond donors (Lipinski definition) is 0.